The SMILES string of the molecule is C[C@H]1CC2[C@](C)(CC[C@H](O)[C@@]2(C)CO)C2[C@@H](O)c3c(cc(-c4cccnc4)oc3=O)O[C@@]21C. The summed E-state index contributed by atoms with van der Waals surface area (Å²) in [6, 6.07) is 5.25. The molecule has 1 aliphatic heterocycles. The van der Waals surface area contributed by atoms with Crippen molar-refractivity contribution in [2.45, 2.75) is 64.8 Å². The molecule has 2 aromatic heterocycles. The van der Waals surface area contributed by atoms with E-state index < -0.39 is 40.2 Å². The minimum absolute atomic E-state index is 0.0219. The molecule has 0 saturated heterocycles. The lowest BCUT2D eigenvalue weighted by Crippen LogP contribution is -2.68. The quantitative estimate of drug-likeness (QED) is 0.637. The topological polar surface area (TPSA) is 113 Å². The molecule has 3 heterocycles. The van der Waals surface area contributed by atoms with Gasteiger partial charge in [0.2, 0.25) is 0 Å². The third kappa shape index (κ3) is 2.98. The van der Waals surface area contributed by atoms with Gasteiger partial charge in [-0.3, -0.25) is 4.98 Å². The molecule has 7 heteroatoms. The summed E-state index contributed by atoms with van der Waals surface area (Å²) < 4.78 is 12.2. The van der Waals surface area contributed by atoms with E-state index in [0.29, 0.717) is 29.9 Å². The molecule has 3 aliphatic rings. The van der Waals surface area contributed by atoms with E-state index in [9.17, 15) is 20.1 Å². The molecular weight excluding hydrogens is 422 g/mol. The van der Waals surface area contributed by atoms with Crippen LogP contribution < -0.4 is 10.4 Å². The van der Waals surface area contributed by atoms with Crippen molar-refractivity contribution in [3.63, 3.8) is 0 Å². The predicted molar refractivity (Wildman–Crippen MR) is 122 cm³/mol. The normalized spacial score (nSPS) is 42.0. The van der Waals surface area contributed by atoms with Gasteiger partial charge in [0.05, 0.1) is 18.8 Å². The lowest BCUT2D eigenvalue weighted by atomic mass is 9.41. The molecule has 7 nitrogen and oxygen atoms in total. The monoisotopic (exact) mass is 455 g/mol. The van der Waals surface area contributed by atoms with E-state index in [4.69, 9.17) is 9.15 Å². The maximum absolute atomic E-state index is 13.1. The smallest absolute Gasteiger partial charge is 0.345 e. The summed E-state index contributed by atoms with van der Waals surface area (Å²) in [5.74, 6) is 0.298. The van der Waals surface area contributed by atoms with Crippen LogP contribution >= 0.6 is 0 Å². The largest absolute Gasteiger partial charge is 0.486 e. The van der Waals surface area contributed by atoms with Gasteiger partial charge in [-0.1, -0.05) is 20.8 Å². The first-order valence-corrected chi connectivity index (χ1v) is 11.8. The van der Waals surface area contributed by atoms with E-state index in [-0.39, 0.29) is 24.0 Å². The second-order valence-electron chi connectivity index (χ2n) is 11.0. The van der Waals surface area contributed by atoms with E-state index in [1.165, 1.54) is 0 Å². The highest BCUT2D eigenvalue weighted by Gasteiger charge is 2.68. The standard InChI is InChI=1S/C26H33NO6/c1-14-10-18-24(2,8-7-19(29)25(18,3)13-28)22-21(30)20-17(33-26(14,22)4)11-16(32-23(20)31)15-6-5-9-27-12-15/h5-6,9,11-12,14,18-19,21-22,28-30H,7-8,10,13H2,1-4H3/t14-,18?,19-,21-,22?,24-,25-,26+/m0/s1. The molecule has 33 heavy (non-hydrogen) atoms. The van der Waals surface area contributed by atoms with Gasteiger partial charge >= 0.3 is 5.63 Å². The van der Waals surface area contributed by atoms with Crippen LogP contribution in [0.2, 0.25) is 0 Å². The lowest BCUT2D eigenvalue weighted by molar-refractivity contribution is -0.248. The van der Waals surface area contributed by atoms with E-state index >= 15 is 0 Å². The van der Waals surface area contributed by atoms with Gasteiger partial charge in [-0.15, -0.1) is 0 Å². The van der Waals surface area contributed by atoms with Gasteiger partial charge in [0.1, 0.15) is 22.7 Å². The van der Waals surface area contributed by atoms with Crippen LogP contribution in [0.4, 0.5) is 0 Å². The molecule has 2 fully saturated rings. The fourth-order valence-corrected chi connectivity index (χ4v) is 7.34. The molecule has 2 unspecified atom stereocenters. The Hall–Kier alpha value is -2.22. The first kappa shape index (κ1) is 22.6. The van der Waals surface area contributed by atoms with Gasteiger partial charge in [0.15, 0.2) is 0 Å². The molecule has 0 spiro atoms. The summed E-state index contributed by atoms with van der Waals surface area (Å²) in [5.41, 5.74) is -1.65. The van der Waals surface area contributed by atoms with Crippen molar-refractivity contribution < 1.29 is 24.5 Å². The second kappa shape index (κ2) is 7.39. The zero-order chi connectivity index (χ0) is 23.8. The minimum Gasteiger partial charge on any atom is -0.486 e. The van der Waals surface area contributed by atoms with Crippen molar-refractivity contribution in [2.75, 3.05) is 6.61 Å². The number of aliphatic hydroxyl groups excluding tert-OH is 3. The van der Waals surface area contributed by atoms with Crippen molar-refractivity contribution in [3.05, 3.63) is 46.6 Å². The summed E-state index contributed by atoms with van der Waals surface area (Å²) in [7, 11) is 0. The van der Waals surface area contributed by atoms with E-state index in [0.717, 1.165) is 6.42 Å². The number of fused-ring (bicyclic) bond motifs is 4. The third-order valence-corrected chi connectivity index (χ3v) is 9.38. The van der Waals surface area contributed by atoms with Crippen LogP contribution in [-0.4, -0.2) is 38.6 Å². The summed E-state index contributed by atoms with van der Waals surface area (Å²) in [6.45, 7) is 8.05. The molecule has 0 radical (unpaired) electrons. The molecule has 5 rings (SSSR count). The predicted octanol–water partition coefficient (Wildman–Crippen LogP) is 3.32. The number of pyridine rings is 1. The molecular formula is C26H33NO6. The van der Waals surface area contributed by atoms with Crippen LogP contribution in [0.25, 0.3) is 11.3 Å². The van der Waals surface area contributed by atoms with Gasteiger partial charge in [-0.05, 0) is 55.6 Å². The van der Waals surface area contributed by atoms with E-state index in [2.05, 4.69) is 18.8 Å². The van der Waals surface area contributed by atoms with Crippen LogP contribution in [-0.2, 0) is 0 Å². The maximum Gasteiger partial charge on any atom is 0.345 e. The first-order valence-electron chi connectivity index (χ1n) is 11.8. The zero-order valence-corrected chi connectivity index (χ0v) is 19.6. The molecule has 2 aliphatic carbocycles. The Balaban J connectivity index is 1.65. The Morgan fingerprint density at radius 3 is 2.67 bits per heavy atom. The molecule has 178 valence electrons. The minimum atomic E-state index is -1.08. The van der Waals surface area contributed by atoms with Crippen molar-refractivity contribution in [3.8, 4) is 17.1 Å². The number of hydrogen-bond acceptors (Lipinski definition) is 7. The number of aromatic nitrogens is 1. The Bertz CT molecular complexity index is 1120. The lowest BCUT2D eigenvalue weighted by Gasteiger charge is -2.66. The molecule has 2 saturated carbocycles. The summed E-state index contributed by atoms with van der Waals surface area (Å²) in [6.07, 6.45) is 3.52. The number of aliphatic hydroxyl groups is 3. The van der Waals surface area contributed by atoms with Crippen LogP contribution in [0.3, 0.4) is 0 Å². The Labute approximate surface area is 193 Å². The van der Waals surface area contributed by atoms with Gasteiger partial charge in [0.25, 0.3) is 0 Å². The second-order valence-corrected chi connectivity index (χ2v) is 11.0. The van der Waals surface area contributed by atoms with Crippen molar-refractivity contribution in [2.24, 2.45) is 28.6 Å². The Kier molecular flexibility index (Phi) is 5.05. The van der Waals surface area contributed by atoms with Gasteiger partial charge in [-0.25, -0.2) is 4.79 Å². The van der Waals surface area contributed by atoms with Crippen LogP contribution in [0, 0.1) is 28.6 Å². The molecule has 0 amide bonds. The zero-order valence-electron chi connectivity index (χ0n) is 19.6. The highest BCUT2D eigenvalue weighted by molar-refractivity contribution is 5.59. The molecule has 8 atom stereocenters. The number of hydrogen-bond donors (Lipinski definition) is 3. The van der Waals surface area contributed by atoms with Gasteiger partial charge in [-0.2, -0.15) is 0 Å². The first-order chi connectivity index (χ1) is 15.6. The van der Waals surface area contributed by atoms with Crippen molar-refractivity contribution >= 4 is 0 Å². The fraction of sp³-hybridized carbons (Fsp3) is 0.615. The Morgan fingerprint density at radius 1 is 1.24 bits per heavy atom. The molecule has 0 aromatic carbocycles. The van der Waals surface area contributed by atoms with E-state index in [1.807, 2.05) is 13.8 Å². The van der Waals surface area contributed by atoms with Crippen LogP contribution in [0.1, 0.15) is 58.6 Å². The molecule has 0 bridgehead atoms. The average molecular weight is 456 g/mol. The van der Waals surface area contributed by atoms with Gasteiger partial charge < -0.3 is 24.5 Å². The van der Waals surface area contributed by atoms with Gasteiger partial charge in [0, 0.05) is 35.4 Å². The summed E-state index contributed by atoms with van der Waals surface area (Å²) in [4.78, 5) is 17.2. The van der Waals surface area contributed by atoms with Crippen molar-refractivity contribution in [1.29, 1.82) is 0 Å². The summed E-state index contributed by atoms with van der Waals surface area (Å²) in [5, 5.41) is 32.8. The average Bonchev–Trinajstić information content (AvgIpc) is 2.78. The Morgan fingerprint density at radius 2 is 2.00 bits per heavy atom. The summed E-state index contributed by atoms with van der Waals surface area (Å²) >= 11 is 0. The van der Waals surface area contributed by atoms with E-state index in [1.54, 1.807) is 30.6 Å². The van der Waals surface area contributed by atoms with Crippen LogP contribution in [0.15, 0.2) is 39.8 Å². The number of nitrogens with zero attached hydrogens (tertiary/aromatic N) is 1. The number of ether oxygens (including phenoxy) is 1. The van der Waals surface area contributed by atoms with Crippen molar-refractivity contribution in [1.82, 2.24) is 4.98 Å². The van der Waals surface area contributed by atoms with Crippen LogP contribution in [0.5, 0.6) is 5.75 Å². The molecule has 2 aromatic rings. The maximum atomic E-state index is 13.1. The highest BCUT2D eigenvalue weighted by Crippen LogP contribution is 2.67. The molecule has 3 N–H and O–H groups in total. The number of rotatable bonds is 2. The third-order valence-electron chi connectivity index (χ3n) is 9.38. The fourth-order valence-electron chi connectivity index (χ4n) is 7.34. The highest BCUT2D eigenvalue weighted by atomic mass is 16.5.